The van der Waals surface area contributed by atoms with E-state index >= 15 is 4.39 Å². The number of thiazole rings is 1. The summed E-state index contributed by atoms with van der Waals surface area (Å²) in [5, 5.41) is 1.23. The number of hydrogen-bond acceptors (Lipinski definition) is 7. The maximum Gasteiger partial charge on any atom is 0.416 e. The van der Waals surface area contributed by atoms with E-state index < -0.39 is 32.5 Å². The summed E-state index contributed by atoms with van der Waals surface area (Å²) in [7, 11) is -4.35. The third-order valence-corrected chi connectivity index (χ3v) is 8.26. The molecule has 0 atom stereocenters. The van der Waals surface area contributed by atoms with E-state index in [4.69, 9.17) is 22.1 Å². The second-order valence-electron chi connectivity index (χ2n) is 8.82. The monoisotopic (exact) mass is 706 g/mol. The van der Waals surface area contributed by atoms with Gasteiger partial charge in [-0.1, -0.05) is 29.8 Å². The van der Waals surface area contributed by atoms with Gasteiger partial charge in [-0.15, -0.1) is 36.2 Å². The van der Waals surface area contributed by atoms with Gasteiger partial charge in [-0.3, -0.25) is 9.71 Å². The van der Waals surface area contributed by atoms with Crippen LogP contribution in [-0.2, 0) is 22.7 Å². The quantitative estimate of drug-likeness (QED) is 0.157. The molecule has 3 aromatic carbocycles. The highest BCUT2D eigenvalue weighted by atomic mass is 35.5. The van der Waals surface area contributed by atoms with E-state index in [0.717, 1.165) is 35.6 Å². The molecule has 5 rings (SSSR count). The zero-order valence-corrected chi connectivity index (χ0v) is 26.0. The minimum absolute atomic E-state index is 0. The van der Waals surface area contributed by atoms with E-state index in [9.17, 15) is 21.6 Å². The van der Waals surface area contributed by atoms with Crippen molar-refractivity contribution in [3.05, 3.63) is 106 Å². The van der Waals surface area contributed by atoms with Crippen molar-refractivity contribution in [2.45, 2.75) is 17.6 Å². The third kappa shape index (κ3) is 7.78. The molecule has 232 valence electrons. The lowest BCUT2D eigenvalue weighted by molar-refractivity contribution is -0.137. The van der Waals surface area contributed by atoms with Crippen molar-refractivity contribution in [3.63, 3.8) is 0 Å². The molecule has 16 heteroatoms. The maximum atomic E-state index is 15.1. The number of sulfonamides is 1. The predicted molar refractivity (Wildman–Crippen MR) is 167 cm³/mol. The van der Waals surface area contributed by atoms with Crippen LogP contribution in [0, 0.1) is 5.82 Å². The Balaban J connectivity index is 0.00000264. The van der Waals surface area contributed by atoms with Gasteiger partial charge in [0, 0.05) is 29.8 Å². The van der Waals surface area contributed by atoms with Crippen molar-refractivity contribution in [2.75, 3.05) is 4.72 Å². The molecule has 0 saturated heterocycles. The van der Waals surface area contributed by atoms with Gasteiger partial charge in [0.05, 0.1) is 21.8 Å². The highest BCUT2D eigenvalue weighted by molar-refractivity contribution is 7.92. The number of aromatic nitrogens is 2. The summed E-state index contributed by atoms with van der Waals surface area (Å²) in [5.74, 6) is -1.13. The van der Waals surface area contributed by atoms with Crippen molar-refractivity contribution >= 4 is 63.6 Å². The smallest absolute Gasteiger partial charge is 0.416 e. The molecule has 0 radical (unpaired) electrons. The second-order valence-corrected chi connectivity index (χ2v) is 11.6. The van der Waals surface area contributed by atoms with E-state index in [-0.39, 0.29) is 53.7 Å². The summed E-state index contributed by atoms with van der Waals surface area (Å²) < 4.78 is 88.8. The highest BCUT2D eigenvalue weighted by Gasteiger charge is 2.30. The molecule has 0 amide bonds. The van der Waals surface area contributed by atoms with Gasteiger partial charge in [-0.05, 0) is 59.2 Å². The summed E-state index contributed by atoms with van der Waals surface area (Å²) in [6, 6.07) is 14.6. The van der Waals surface area contributed by atoms with Gasteiger partial charge in [-0.25, -0.2) is 17.8 Å². The predicted octanol–water partition coefficient (Wildman–Crippen LogP) is 8.58. The molecule has 44 heavy (non-hydrogen) atoms. The van der Waals surface area contributed by atoms with Crippen LogP contribution < -0.4 is 15.2 Å². The second kappa shape index (κ2) is 14.1. The number of alkyl halides is 3. The number of hydrogen-bond donors (Lipinski definition) is 2. The summed E-state index contributed by atoms with van der Waals surface area (Å²) >= 11 is 7.49. The molecule has 2 heterocycles. The van der Waals surface area contributed by atoms with Crippen molar-refractivity contribution in [3.8, 4) is 33.8 Å². The number of nitrogens with zero attached hydrogens (tertiary/aromatic N) is 2. The minimum Gasteiger partial charge on any atom is -0.455 e. The Bertz CT molecular complexity index is 1880. The average molecular weight is 708 g/mol. The van der Waals surface area contributed by atoms with Crippen LogP contribution in [0.5, 0.6) is 11.5 Å². The molecule has 3 N–H and O–H groups in total. The average Bonchev–Trinajstić information content (AvgIpc) is 3.47. The Labute approximate surface area is 271 Å². The van der Waals surface area contributed by atoms with E-state index in [0.29, 0.717) is 27.9 Å². The lowest BCUT2D eigenvalue weighted by atomic mass is 9.97. The zero-order chi connectivity index (χ0) is 30.1. The SMILES string of the molecule is Cl.Cl.NCc1cc(-c2cc(-c3cccc(C(F)(F)F)c3)ccc2Oc2cc(F)c(S(=O)(=O)Nc3cscn3)cc2Cl)ccn1. The number of ether oxygens (including phenoxy) is 1. The zero-order valence-electron chi connectivity index (χ0n) is 22.0. The number of anilines is 1. The Morgan fingerprint density at radius 1 is 0.932 bits per heavy atom. The molecule has 0 spiro atoms. The Morgan fingerprint density at radius 3 is 2.36 bits per heavy atom. The summed E-state index contributed by atoms with van der Waals surface area (Å²) in [6.45, 7) is 0.124. The first kappa shape index (κ1) is 35.0. The normalized spacial score (nSPS) is 11.3. The Hall–Kier alpha value is -3.46. The van der Waals surface area contributed by atoms with Gasteiger partial charge in [-0.2, -0.15) is 13.2 Å². The number of nitrogens with two attached hydrogens (primary N) is 1. The van der Waals surface area contributed by atoms with Crippen LogP contribution >= 0.6 is 47.8 Å². The van der Waals surface area contributed by atoms with Gasteiger partial charge in [0.15, 0.2) is 5.82 Å². The molecular formula is C28H21Cl3F4N4O3S2. The van der Waals surface area contributed by atoms with Gasteiger partial charge in [0.2, 0.25) is 0 Å². The summed E-state index contributed by atoms with van der Waals surface area (Å²) in [4.78, 5) is 7.29. The summed E-state index contributed by atoms with van der Waals surface area (Å²) in [5.41, 5.74) is 8.62. The van der Waals surface area contributed by atoms with Crippen LogP contribution in [-0.4, -0.2) is 18.4 Å². The molecule has 2 aromatic heterocycles. The number of nitrogens with one attached hydrogen (secondary N) is 1. The van der Waals surface area contributed by atoms with Crippen LogP contribution in [0.4, 0.5) is 23.4 Å². The molecule has 5 aromatic rings. The number of rotatable bonds is 8. The molecular weight excluding hydrogens is 687 g/mol. The van der Waals surface area contributed by atoms with E-state index in [2.05, 4.69) is 14.7 Å². The fraction of sp³-hybridized carbons (Fsp3) is 0.0714. The van der Waals surface area contributed by atoms with Gasteiger partial charge >= 0.3 is 6.18 Å². The Morgan fingerprint density at radius 2 is 1.68 bits per heavy atom. The highest BCUT2D eigenvalue weighted by Crippen LogP contribution is 2.41. The van der Waals surface area contributed by atoms with Crippen LogP contribution in [0.2, 0.25) is 5.02 Å². The maximum absolute atomic E-state index is 15.1. The number of benzene rings is 3. The molecule has 0 saturated carbocycles. The van der Waals surface area contributed by atoms with E-state index in [1.54, 1.807) is 24.3 Å². The fourth-order valence-electron chi connectivity index (χ4n) is 4.03. The van der Waals surface area contributed by atoms with Crippen molar-refractivity contribution in [1.29, 1.82) is 0 Å². The molecule has 0 bridgehead atoms. The van der Waals surface area contributed by atoms with Gasteiger partial charge < -0.3 is 10.5 Å². The molecule has 7 nitrogen and oxygen atoms in total. The first-order valence-corrected chi connectivity index (χ1v) is 14.8. The molecule has 0 aliphatic heterocycles. The van der Waals surface area contributed by atoms with Gasteiger partial charge in [0.25, 0.3) is 10.0 Å². The Kier molecular flexibility index (Phi) is 11.2. The van der Waals surface area contributed by atoms with Crippen LogP contribution in [0.15, 0.2) is 88.7 Å². The molecule has 0 fully saturated rings. The minimum atomic E-state index is -4.53. The third-order valence-electron chi connectivity index (χ3n) is 6.01. The molecule has 0 aliphatic carbocycles. The van der Waals surface area contributed by atoms with Crippen molar-refractivity contribution in [2.24, 2.45) is 5.73 Å². The largest absolute Gasteiger partial charge is 0.455 e. The standard InChI is InChI=1S/C28H19ClF4N4O3S2.2ClH/c29-22-11-26(42(38,39)37-27-14-41-15-36-27)23(30)12-25(22)40-24-5-4-17(16-2-1-3-19(8-16)28(31,32)33)10-21(24)18-6-7-35-20(9-18)13-34;;/h1-12,14-15,37H,13,34H2;2*1H. The topological polar surface area (TPSA) is 107 Å². The van der Waals surface area contributed by atoms with Crippen LogP contribution in [0.3, 0.4) is 0 Å². The van der Waals surface area contributed by atoms with Crippen molar-refractivity contribution in [1.82, 2.24) is 9.97 Å². The molecule has 0 aliphatic rings. The number of pyridine rings is 1. The van der Waals surface area contributed by atoms with E-state index in [1.807, 2.05) is 0 Å². The summed E-state index contributed by atoms with van der Waals surface area (Å²) in [6.07, 6.45) is -3.01. The lowest BCUT2D eigenvalue weighted by Gasteiger charge is -2.16. The van der Waals surface area contributed by atoms with Crippen LogP contribution in [0.1, 0.15) is 11.3 Å². The number of halogens is 7. The first-order valence-electron chi connectivity index (χ1n) is 12.0. The fourth-order valence-corrected chi connectivity index (χ4v) is 5.94. The molecule has 0 unspecified atom stereocenters. The first-order chi connectivity index (χ1) is 19.9. The van der Waals surface area contributed by atoms with Crippen LogP contribution in [0.25, 0.3) is 22.3 Å². The van der Waals surface area contributed by atoms with E-state index in [1.165, 1.54) is 35.3 Å². The van der Waals surface area contributed by atoms with Gasteiger partial charge in [0.1, 0.15) is 22.2 Å². The van der Waals surface area contributed by atoms with Crippen molar-refractivity contribution < 1.29 is 30.7 Å². The lowest BCUT2D eigenvalue weighted by Crippen LogP contribution is -2.15.